The van der Waals surface area contributed by atoms with Crippen molar-refractivity contribution in [2.45, 2.75) is 17.9 Å². The molecule has 2 aliphatic rings. The fourth-order valence-electron chi connectivity index (χ4n) is 2.48. The van der Waals surface area contributed by atoms with E-state index in [2.05, 4.69) is 0 Å². The first kappa shape index (κ1) is 29.8. The average Bonchev–Trinajstić information content (AvgIpc) is 3.28. The van der Waals surface area contributed by atoms with E-state index in [-0.39, 0.29) is 30.5 Å². The smallest absolute Gasteiger partial charge is 0.508 e. The minimum Gasteiger partial charge on any atom is -0.508 e. The molecule has 2 aliphatic heterocycles. The maximum Gasteiger partial charge on any atom is 0.524 e. The summed E-state index contributed by atoms with van der Waals surface area (Å²) in [5.41, 5.74) is -10.1. The van der Waals surface area contributed by atoms with Gasteiger partial charge in [0.25, 0.3) is 0 Å². The molecule has 0 atom stereocenters. The van der Waals surface area contributed by atoms with E-state index in [1.54, 1.807) is 6.07 Å². The number of rotatable bonds is 2. The maximum atomic E-state index is 11.4. The van der Waals surface area contributed by atoms with E-state index in [0.717, 1.165) is 16.9 Å². The number of ketones is 2. The Morgan fingerprint density at radius 1 is 0.757 bits per heavy atom. The molecule has 0 fully saturated rings. The number of phenols is 1. The number of aromatic hydroxyl groups is 1. The third-order valence-electron chi connectivity index (χ3n) is 4.17. The van der Waals surface area contributed by atoms with Crippen molar-refractivity contribution in [2.24, 2.45) is 0 Å². The van der Waals surface area contributed by atoms with E-state index in [9.17, 15) is 52.8 Å². The largest absolute Gasteiger partial charge is 0.524 e. The van der Waals surface area contributed by atoms with Crippen LogP contribution >= 0.6 is 0 Å². The zero-order valence-corrected chi connectivity index (χ0v) is 19.7. The van der Waals surface area contributed by atoms with E-state index >= 15 is 0 Å². The number of Topliss-reactive ketones (excluding diaryl/α,β-unsaturated/α-hetero) is 2. The number of hydrogen-bond acceptors (Lipinski definition) is 10. The molecule has 0 spiro atoms. The molecule has 10 nitrogen and oxygen atoms in total. The first-order valence-electron chi connectivity index (χ1n) is 9.34. The number of ether oxygens (including phenoxy) is 2. The monoisotopic (exact) mass is 580 g/mol. The molecule has 0 aliphatic carbocycles. The number of alkyl halides is 6. The van der Waals surface area contributed by atoms with Crippen LogP contribution in [0.5, 0.6) is 17.2 Å². The molecule has 1 N–H and O–H groups in total. The number of halogens is 6. The summed E-state index contributed by atoms with van der Waals surface area (Å²) < 4.78 is 120. The van der Waals surface area contributed by atoms with Gasteiger partial charge in [-0.05, 0) is 36.8 Å². The lowest BCUT2D eigenvalue weighted by atomic mass is 10.1. The van der Waals surface area contributed by atoms with Crippen molar-refractivity contribution in [3.8, 4) is 17.2 Å². The number of phenolic OH excluding ortho intramolecular Hbond substituents is 1. The minimum absolute atomic E-state index is 0.0278. The van der Waals surface area contributed by atoms with E-state index in [4.69, 9.17) is 14.6 Å². The molecule has 0 amide bonds. The third-order valence-corrected chi connectivity index (χ3v) is 6.73. The van der Waals surface area contributed by atoms with Crippen LogP contribution in [-0.4, -0.2) is 57.7 Å². The number of aryl methyl sites for hydroxylation is 1. The Morgan fingerprint density at radius 2 is 1.16 bits per heavy atom. The molecule has 204 valence electrons. The summed E-state index contributed by atoms with van der Waals surface area (Å²) in [6, 6.07) is 10.1. The second-order valence-electron chi connectivity index (χ2n) is 6.97. The van der Waals surface area contributed by atoms with E-state index in [1.807, 2.05) is 28.8 Å². The maximum absolute atomic E-state index is 11.4. The first-order valence-corrected chi connectivity index (χ1v) is 12.2. The molecule has 2 heterocycles. The van der Waals surface area contributed by atoms with Crippen molar-refractivity contribution in [3.05, 3.63) is 53.1 Å². The fourth-order valence-corrected chi connectivity index (χ4v) is 4.04. The van der Waals surface area contributed by atoms with Gasteiger partial charge in [-0.2, -0.15) is 43.2 Å². The van der Waals surface area contributed by atoms with Gasteiger partial charge in [-0.25, -0.2) is 0 Å². The zero-order valence-electron chi connectivity index (χ0n) is 18.1. The highest BCUT2D eigenvalue weighted by atomic mass is 32.3. The Morgan fingerprint density at radius 3 is 1.59 bits per heavy atom. The molecule has 0 saturated heterocycles. The molecule has 2 aromatic rings. The van der Waals surface area contributed by atoms with Gasteiger partial charge in [-0.15, -0.1) is 3.63 Å². The van der Waals surface area contributed by atoms with Crippen LogP contribution in [-0.2, 0) is 23.9 Å². The standard InChI is InChI=1S/C9H8O2.C8H6O3.C2F6O5S2/c1-6-2-3-7-8(10)5-11-9(7)4-6;9-5-1-2-6-7(10)4-11-8(6)3-5;3-1(4,5)14(9,10)13-15(11,12)2(6,7)8/h2-4H,5H2,1H3;1-3,9H,4H2;. The van der Waals surface area contributed by atoms with Gasteiger partial charge in [0.1, 0.15) is 17.2 Å². The Labute approximate surface area is 204 Å². The highest BCUT2D eigenvalue weighted by molar-refractivity contribution is 8.00. The van der Waals surface area contributed by atoms with Gasteiger partial charge in [-0.1, -0.05) is 6.07 Å². The Bertz CT molecular complexity index is 1310. The van der Waals surface area contributed by atoms with Crippen molar-refractivity contribution >= 4 is 31.8 Å². The fraction of sp³-hybridized carbons (Fsp3) is 0.263. The Kier molecular flexibility index (Phi) is 8.50. The second kappa shape index (κ2) is 10.5. The summed E-state index contributed by atoms with van der Waals surface area (Å²) >= 11 is 0. The molecule has 4 rings (SSSR count). The average molecular weight is 580 g/mol. The van der Waals surface area contributed by atoms with Gasteiger partial charge < -0.3 is 14.6 Å². The number of carbonyl (C=O) groups is 2. The molecule has 0 bridgehead atoms. The van der Waals surface area contributed by atoms with E-state index in [1.165, 1.54) is 12.1 Å². The van der Waals surface area contributed by atoms with Gasteiger partial charge in [0.05, 0.1) is 11.1 Å². The molecule has 2 aromatic carbocycles. The normalized spacial score (nSPS) is 14.8. The van der Waals surface area contributed by atoms with Crippen LogP contribution in [0.3, 0.4) is 0 Å². The van der Waals surface area contributed by atoms with Crippen molar-refractivity contribution in [1.82, 2.24) is 0 Å². The van der Waals surface area contributed by atoms with Crippen LogP contribution in [0.4, 0.5) is 26.3 Å². The van der Waals surface area contributed by atoms with Crippen LogP contribution in [0.25, 0.3) is 0 Å². The lowest BCUT2D eigenvalue weighted by Gasteiger charge is -2.09. The van der Waals surface area contributed by atoms with Crippen LogP contribution in [0.2, 0.25) is 0 Å². The number of hydrogen-bond donors (Lipinski definition) is 1. The third kappa shape index (κ3) is 7.32. The van der Waals surface area contributed by atoms with Gasteiger partial charge in [-0.3, -0.25) is 9.59 Å². The van der Waals surface area contributed by atoms with E-state index < -0.39 is 31.3 Å². The summed E-state index contributed by atoms with van der Waals surface area (Å²) in [7, 11) is -13.7. The van der Waals surface area contributed by atoms with Gasteiger partial charge in [0, 0.05) is 6.07 Å². The molecule has 0 unspecified atom stereocenters. The Hall–Kier alpha value is -3.38. The lowest BCUT2D eigenvalue weighted by Crippen LogP contribution is -2.34. The molecule has 37 heavy (non-hydrogen) atoms. The highest BCUT2D eigenvalue weighted by Crippen LogP contribution is 2.32. The number of fused-ring (bicyclic) bond motifs is 2. The van der Waals surface area contributed by atoms with Crippen molar-refractivity contribution in [2.75, 3.05) is 13.2 Å². The number of carbonyl (C=O) groups excluding carboxylic acids is 2. The van der Waals surface area contributed by atoms with Gasteiger partial charge >= 0.3 is 31.3 Å². The van der Waals surface area contributed by atoms with Crippen LogP contribution in [0.1, 0.15) is 26.3 Å². The quantitative estimate of drug-likeness (QED) is 0.414. The highest BCUT2D eigenvalue weighted by Gasteiger charge is 2.57. The second-order valence-corrected chi connectivity index (χ2v) is 10.3. The molecular weight excluding hydrogens is 566 g/mol. The molecule has 0 aromatic heterocycles. The summed E-state index contributed by atoms with van der Waals surface area (Å²) in [6.07, 6.45) is 0. The molecule has 18 heteroatoms. The minimum atomic E-state index is -6.85. The lowest BCUT2D eigenvalue weighted by molar-refractivity contribution is -0.0585. The van der Waals surface area contributed by atoms with Gasteiger partial charge in [0.15, 0.2) is 13.2 Å². The zero-order chi connectivity index (χ0) is 28.4. The van der Waals surface area contributed by atoms with Crippen molar-refractivity contribution in [3.63, 3.8) is 0 Å². The summed E-state index contributed by atoms with van der Waals surface area (Å²) in [6.45, 7) is 2.28. The Balaban J connectivity index is 0.000000198. The van der Waals surface area contributed by atoms with Crippen LogP contribution < -0.4 is 9.47 Å². The molecule has 0 radical (unpaired) electrons. The predicted octanol–water partition coefficient (Wildman–Crippen LogP) is 3.24. The summed E-state index contributed by atoms with van der Waals surface area (Å²) in [5.74, 6) is 1.39. The molecular formula is C19H14F6O10S2. The summed E-state index contributed by atoms with van der Waals surface area (Å²) in [5, 5.41) is 8.99. The predicted molar refractivity (Wildman–Crippen MR) is 110 cm³/mol. The van der Waals surface area contributed by atoms with Gasteiger partial charge in [0.2, 0.25) is 11.6 Å². The van der Waals surface area contributed by atoms with Crippen molar-refractivity contribution in [1.29, 1.82) is 0 Å². The topological polar surface area (TPSA) is 150 Å². The van der Waals surface area contributed by atoms with Crippen LogP contribution in [0.15, 0.2) is 36.4 Å². The first-order chi connectivity index (χ1) is 16.7. The summed E-state index contributed by atoms with van der Waals surface area (Å²) in [4.78, 5) is 22.0. The SMILES string of the molecule is Cc1ccc2c(c1)OCC2=O.O=C1COc2cc(O)ccc21.O=S(=O)(OS(=O)(=O)C(F)(F)F)C(F)(F)F. The molecule has 0 saturated carbocycles. The van der Waals surface area contributed by atoms with Crippen LogP contribution in [0, 0.1) is 6.92 Å². The van der Waals surface area contributed by atoms with Crippen molar-refractivity contribution < 1.29 is 71.0 Å². The number of benzene rings is 2. The van der Waals surface area contributed by atoms with E-state index in [0.29, 0.717) is 11.3 Å².